The zero-order chi connectivity index (χ0) is 20.9. The van der Waals surface area contributed by atoms with Gasteiger partial charge in [-0.25, -0.2) is 9.34 Å². The second kappa shape index (κ2) is 6.65. The topological polar surface area (TPSA) is 49.4 Å². The lowest BCUT2D eigenvalue weighted by molar-refractivity contribution is -0.148. The molecule has 0 bridgehead atoms. The van der Waals surface area contributed by atoms with E-state index in [4.69, 9.17) is 4.52 Å². The van der Waals surface area contributed by atoms with Gasteiger partial charge in [-0.2, -0.15) is 0 Å². The minimum atomic E-state index is -2.76. The Balaban J connectivity index is 1.24. The summed E-state index contributed by atoms with van der Waals surface area (Å²) in [5.74, 6) is 3.57. The number of carbonyl (C=O) groups excluding carboxylic acids is 1. The minimum absolute atomic E-state index is 0.146. The molecular formula is C24H39N2O3P. The Morgan fingerprint density at radius 3 is 2.27 bits per heavy atom. The molecule has 0 aromatic rings. The summed E-state index contributed by atoms with van der Waals surface area (Å²) in [4.78, 5) is 12.4. The highest BCUT2D eigenvalue weighted by Crippen LogP contribution is 2.70. The Hall–Kier alpha value is -0.220. The Morgan fingerprint density at radius 2 is 1.60 bits per heavy atom. The normalized spacial score (nSPS) is 51.2. The molecule has 0 aromatic carbocycles. The van der Waals surface area contributed by atoms with Gasteiger partial charge in [-0.1, -0.05) is 20.8 Å². The van der Waals surface area contributed by atoms with Gasteiger partial charge in [-0.3, -0.25) is 9.36 Å². The maximum Gasteiger partial charge on any atom is 0.346 e. The van der Waals surface area contributed by atoms with Gasteiger partial charge in [0, 0.05) is 38.5 Å². The lowest BCUT2D eigenvalue weighted by atomic mass is 9.44. The second-order valence-electron chi connectivity index (χ2n) is 12.0. The van der Waals surface area contributed by atoms with Crippen LogP contribution in [-0.4, -0.2) is 47.4 Å². The van der Waals surface area contributed by atoms with Crippen LogP contribution < -0.4 is 0 Å². The molecule has 0 amide bonds. The maximum atomic E-state index is 13.7. The first kappa shape index (κ1) is 20.4. The fourth-order valence-corrected chi connectivity index (χ4v) is 11.1. The quantitative estimate of drug-likeness (QED) is 0.462. The molecule has 5 nitrogen and oxygen atoms in total. The van der Waals surface area contributed by atoms with Gasteiger partial charge in [0.25, 0.3) is 0 Å². The summed E-state index contributed by atoms with van der Waals surface area (Å²) in [6.45, 7) is 10.9. The SMILES string of the molecule is C[C@H]1C[C@@]2(C)[C@@H](CC[C@H]3[C@H]2CC[C@@]2(C)[C@@H]3CC[C@H]2OP(=O)(N2CC2)N2CC2)CC1=O. The third-order valence-corrected chi connectivity index (χ3v) is 13.3. The molecule has 0 radical (unpaired) electrons. The molecule has 6 fully saturated rings. The van der Waals surface area contributed by atoms with Crippen molar-refractivity contribution in [3.05, 3.63) is 0 Å². The van der Waals surface area contributed by atoms with Crippen LogP contribution in [-0.2, 0) is 13.9 Å². The van der Waals surface area contributed by atoms with E-state index >= 15 is 0 Å². The highest BCUT2D eigenvalue weighted by atomic mass is 31.2. The van der Waals surface area contributed by atoms with E-state index in [1.54, 1.807) is 0 Å². The largest absolute Gasteiger partial charge is 0.346 e. The molecule has 2 aliphatic heterocycles. The number of Topliss-reactive ketones (excluding diaryl/α,β-unsaturated/α-hetero) is 1. The predicted molar refractivity (Wildman–Crippen MR) is 117 cm³/mol. The van der Waals surface area contributed by atoms with Crippen LogP contribution in [0, 0.1) is 40.4 Å². The van der Waals surface area contributed by atoms with E-state index in [9.17, 15) is 9.36 Å². The second-order valence-corrected chi connectivity index (χ2v) is 14.4. The molecule has 6 aliphatic rings. The lowest BCUT2D eigenvalue weighted by Gasteiger charge is -2.60. The number of carbonyl (C=O) groups is 1. The molecule has 0 spiro atoms. The van der Waals surface area contributed by atoms with E-state index in [0.717, 1.165) is 57.3 Å². The van der Waals surface area contributed by atoms with Crippen LogP contribution in [0.15, 0.2) is 0 Å². The van der Waals surface area contributed by atoms with Gasteiger partial charge in [-0.15, -0.1) is 0 Å². The Bertz CT molecular complexity index is 779. The van der Waals surface area contributed by atoms with Crippen molar-refractivity contribution in [3.8, 4) is 0 Å². The first-order chi connectivity index (χ1) is 14.3. The minimum Gasteiger partial charge on any atom is -0.302 e. The summed E-state index contributed by atoms with van der Waals surface area (Å²) in [6.07, 6.45) is 9.36. The zero-order valence-corrected chi connectivity index (χ0v) is 19.9. The third kappa shape index (κ3) is 2.84. The summed E-state index contributed by atoms with van der Waals surface area (Å²) in [5, 5.41) is 0. The van der Waals surface area contributed by atoms with Crippen LogP contribution >= 0.6 is 7.67 Å². The average molecular weight is 435 g/mol. The first-order valence-electron chi connectivity index (χ1n) is 12.6. The number of rotatable bonds is 4. The molecule has 2 saturated heterocycles. The van der Waals surface area contributed by atoms with E-state index in [-0.39, 0.29) is 17.4 Å². The zero-order valence-electron chi connectivity index (χ0n) is 19.0. The number of hydrogen-bond donors (Lipinski definition) is 0. The van der Waals surface area contributed by atoms with Gasteiger partial charge >= 0.3 is 7.67 Å². The fourth-order valence-electron chi connectivity index (χ4n) is 8.60. The predicted octanol–water partition coefficient (Wildman–Crippen LogP) is 4.97. The van der Waals surface area contributed by atoms with Gasteiger partial charge in [-0.05, 0) is 79.4 Å². The van der Waals surface area contributed by atoms with Crippen LogP contribution in [0.25, 0.3) is 0 Å². The van der Waals surface area contributed by atoms with Crippen molar-refractivity contribution in [2.45, 2.75) is 78.2 Å². The average Bonchev–Trinajstić information content (AvgIpc) is 3.60. The fraction of sp³-hybridized carbons (Fsp3) is 0.958. The van der Waals surface area contributed by atoms with Crippen molar-refractivity contribution in [2.24, 2.45) is 40.4 Å². The first-order valence-corrected chi connectivity index (χ1v) is 14.1. The van der Waals surface area contributed by atoms with E-state index in [1.165, 1.54) is 32.1 Å². The number of hydrogen-bond acceptors (Lipinski definition) is 3. The van der Waals surface area contributed by atoms with Gasteiger partial charge < -0.3 is 4.52 Å². The van der Waals surface area contributed by atoms with Crippen LogP contribution in [0.1, 0.15) is 72.1 Å². The van der Waals surface area contributed by atoms with Crippen molar-refractivity contribution < 1.29 is 13.9 Å². The molecule has 6 rings (SSSR count). The standard InChI is InChI=1S/C24H39N2O3P/c1-16-15-24(3)17(14-21(16)27)4-5-18-19-6-7-22(23(19,2)9-8-20(18)24)29-30(28,25-10-11-25)26-12-13-26/h16-20,22H,4-15H2,1-3H3/t16-,17-,18+,19+,20+,22+,23-,24-/m0/s1. The van der Waals surface area contributed by atoms with Crippen molar-refractivity contribution in [3.63, 3.8) is 0 Å². The highest BCUT2D eigenvalue weighted by Gasteiger charge is 2.63. The summed E-state index contributed by atoms with van der Waals surface area (Å²) in [6, 6.07) is 0. The molecule has 4 aliphatic carbocycles. The Labute approximate surface area is 181 Å². The van der Waals surface area contributed by atoms with Crippen LogP contribution in [0.3, 0.4) is 0 Å². The Morgan fingerprint density at radius 1 is 0.933 bits per heavy atom. The van der Waals surface area contributed by atoms with E-state index in [0.29, 0.717) is 23.0 Å². The smallest absolute Gasteiger partial charge is 0.302 e. The molecule has 0 N–H and O–H groups in total. The molecule has 2 heterocycles. The van der Waals surface area contributed by atoms with Crippen LogP contribution in [0.2, 0.25) is 0 Å². The van der Waals surface area contributed by atoms with Gasteiger partial charge in [0.2, 0.25) is 0 Å². The van der Waals surface area contributed by atoms with Gasteiger partial charge in [0.1, 0.15) is 5.78 Å². The van der Waals surface area contributed by atoms with E-state index in [1.807, 2.05) is 0 Å². The summed E-state index contributed by atoms with van der Waals surface area (Å²) in [7, 11) is -2.76. The third-order valence-electron chi connectivity index (χ3n) is 10.5. The maximum absolute atomic E-state index is 13.7. The van der Waals surface area contributed by atoms with Crippen LogP contribution in [0.4, 0.5) is 0 Å². The molecule has 0 unspecified atom stereocenters. The molecule has 0 aromatic heterocycles. The molecule has 30 heavy (non-hydrogen) atoms. The lowest BCUT2D eigenvalue weighted by Crippen LogP contribution is -2.55. The molecular weight excluding hydrogens is 395 g/mol. The van der Waals surface area contributed by atoms with E-state index < -0.39 is 7.67 Å². The summed E-state index contributed by atoms with van der Waals surface area (Å²) >= 11 is 0. The van der Waals surface area contributed by atoms with Crippen molar-refractivity contribution in [1.29, 1.82) is 0 Å². The molecule has 168 valence electrons. The van der Waals surface area contributed by atoms with E-state index in [2.05, 4.69) is 30.1 Å². The highest BCUT2D eigenvalue weighted by molar-refractivity contribution is 7.54. The number of nitrogens with zero attached hydrogens (tertiary/aromatic N) is 2. The molecule has 8 atom stereocenters. The van der Waals surface area contributed by atoms with Crippen LogP contribution in [0.5, 0.6) is 0 Å². The number of fused-ring (bicyclic) bond motifs is 5. The van der Waals surface area contributed by atoms with Gasteiger partial charge in [0.05, 0.1) is 6.10 Å². The Kier molecular flexibility index (Phi) is 4.52. The number of ketones is 1. The van der Waals surface area contributed by atoms with Crippen molar-refractivity contribution in [2.75, 3.05) is 26.2 Å². The monoisotopic (exact) mass is 434 g/mol. The molecule has 4 saturated carbocycles. The summed E-state index contributed by atoms with van der Waals surface area (Å²) < 4.78 is 24.5. The van der Waals surface area contributed by atoms with Crippen molar-refractivity contribution in [1.82, 2.24) is 9.34 Å². The summed E-state index contributed by atoms with van der Waals surface area (Å²) in [5.41, 5.74) is 0.507. The van der Waals surface area contributed by atoms with Crippen molar-refractivity contribution >= 4 is 13.5 Å². The molecule has 6 heteroatoms. The van der Waals surface area contributed by atoms with Gasteiger partial charge in [0.15, 0.2) is 0 Å².